The molecule has 0 fully saturated rings. The molecule has 0 saturated carbocycles. The van der Waals surface area contributed by atoms with E-state index in [0.717, 1.165) is 4.88 Å². The van der Waals surface area contributed by atoms with Gasteiger partial charge in [-0.15, -0.1) is 11.3 Å². The number of esters is 1. The summed E-state index contributed by atoms with van der Waals surface area (Å²) in [7, 11) is 1.64. The molecule has 0 spiro atoms. The zero-order chi connectivity index (χ0) is 14.9. The number of urea groups is 1. The molecule has 1 aromatic rings. The summed E-state index contributed by atoms with van der Waals surface area (Å²) in [5.74, 6) is -0.386. The lowest BCUT2D eigenvalue weighted by molar-refractivity contribution is -0.143. The van der Waals surface area contributed by atoms with Gasteiger partial charge in [-0.2, -0.15) is 0 Å². The molecular formula is C14H18N2O3S. The average Bonchev–Trinajstić information content (AvgIpc) is 2.88. The Kier molecular flexibility index (Phi) is 4.13. The van der Waals surface area contributed by atoms with Gasteiger partial charge < -0.3 is 15.0 Å². The van der Waals surface area contributed by atoms with Crippen LogP contribution in [-0.2, 0) is 9.53 Å². The number of amides is 2. The Balaban J connectivity index is 2.44. The van der Waals surface area contributed by atoms with Gasteiger partial charge in [0, 0.05) is 17.6 Å². The number of carbonyl (C=O) groups is 2. The molecule has 1 aliphatic heterocycles. The molecule has 1 atom stereocenters. The van der Waals surface area contributed by atoms with E-state index in [1.165, 1.54) is 16.2 Å². The Labute approximate surface area is 122 Å². The van der Waals surface area contributed by atoms with E-state index in [-0.39, 0.29) is 18.1 Å². The molecule has 0 saturated heterocycles. The Morgan fingerprint density at radius 1 is 1.50 bits per heavy atom. The number of rotatable bonds is 3. The second-order valence-electron chi connectivity index (χ2n) is 4.91. The third kappa shape index (κ3) is 2.70. The molecule has 0 aromatic carbocycles. The van der Waals surface area contributed by atoms with Crippen molar-refractivity contribution in [3.63, 3.8) is 0 Å². The normalized spacial score (nSPS) is 19.4. The molecule has 2 rings (SSSR count). The minimum Gasteiger partial charge on any atom is -0.459 e. The highest BCUT2D eigenvalue weighted by Crippen LogP contribution is 2.33. The van der Waals surface area contributed by atoms with Crippen LogP contribution in [0.2, 0.25) is 0 Å². The lowest BCUT2D eigenvalue weighted by atomic mass is 10.0. The van der Waals surface area contributed by atoms with Crippen LogP contribution >= 0.6 is 11.3 Å². The van der Waals surface area contributed by atoms with Crippen molar-refractivity contribution >= 4 is 23.3 Å². The van der Waals surface area contributed by atoms with Gasteiger partial charge in [0.25, 0.3) is 0 Å². The molecule has 108 valence electrons. The van der Waals surface area contributed by atoms with E-state index in [9.17, 15) is 9.59 Å². The maximum Gasteiger partial charge on any atom is 0.338 e. The van der Waals surface area contributed by atoms with Crippen LogP contribution in [0.3, 0.4) is 0 Å². The largest absolute Gasteiger partial charge is 0.459 e. The molecule has 0 bridgehead atoms. The Hall–Kier alpha value is -1.82. The van der Waals surface area contributed by atoms with Gasteiger partial charge in [-0.3, -0.25) is 0 Å². The highest BCUT2D eigenvalue weighted by molar-refractivity contribution is 7.10. The van der Waals surface area contributed by atoms with Crippen molar-refractivity contribution in [2.24, 2.45) is 0 Å². The summed E-state index contributed by atoms with van der Waals surface area (Å²) in [6.45, 7) is 5.37. The fourth-order valence-electron chi connectivity index (χ4n) is 2.05. The van der Waals surface area contributed by atoms with Gasteiger partial charge in [0.2, 0.25) is 0 Å². The van der Waals surface area contributed by atoms with Crippen LogP contribution in [0.25, 0.3) is 0 Å². The van der Waals surface area contributed by atoms with Gasteiger partial charge in [0.1, 0.15) is 0 Å². The van der Waals surface area contributed by atoms with Crippen molar-refractivity contribution in [2.75, 3.05) is 7.05 Å². The van der Waals surface area contributed by atoms with Gasteiger partial charge in [-0.25, -0.2) is 9.59 Å². The minimum atomic E-state index is -0.440. The minimum absolute atomic E-state index is 0.199. The fourth-order valence-corrected chi connectivity index (χ4v) is 2.83. The average molecular weight is 294 g/mol. The van der Waals surface area contributed by atoms with Crippen molar-refractivity contribution < 1.29 is 14.3 Å². The smallest absolute Gasteiger partial charge is 0.338 e. The van der Waals surface area contributed by atoms with Crippen LogP contribution in [0, 0.1) is 0 Å². The van der Waals surface area contributed by atoms with Gasteiger partial charge in [0.15, 0.2) is 0 Å². The molecule has 2 amide bonds. The summed E-state index contributed by atoms with van der Waals surface area (Å²) in [6.07, 6.45) is -0.199. The van der Waals surface area contributed by atoms with Crippen molar-refractivity contribution in [2.45, 2.75) is 32.9 Å². The number of allylic oxidation sites excluding steroid dienone is 1. The van der Waals surface area contributed by atoms with Gasteiger partial charge in [-0.1, -0.05) is 6.07 Å². The highest BCUT2D eigenvalue weighted by Gasteiger charge is 2.35. The van der Waals surface area contributed by atoms with E-state index < -0.39 is 6.04 Å². The highest BCUT2D eigenvalue weighted by atomic mass is 32.1. The van der Waals surface area contributed by atoms with Crippen LogP contribution in [0.1, 0.15) is 31.7 Å². The number of hydrogen-bond donors (Lipinski definition) is 1. The molecule has 1 aliphatic rings. The quantitative estimate of drug-likeness (QED) is 0.872. The molecule has 1 aromatic heterocycles. The lowest BCUT2D eigenvalue weighted by Gasteiger charge is -2.32. The number of carbonyl (C=O) groups excluding carboxylic acids is 2. The Bertz CT molecular complexity index is 549. The topological polar surface area (TPSA) is 58.6 Å². The van der Waals surface area contributed by atoms with E-state index in [0.29, 0.717) is 11.3 Å². The first kappa shape index (κ1) is 14.6. The number of thiophene rings is 1. The maximum atomic E-state index is 12.3. The van der Waals surface area contributed by atoms with Gasteiger partial charge >= 0.3 is 12.0 Å². The lowest BCUT2D eigenvalue weighted by Crippen LogP contribution is -2.46. The third-order valence-corrected chi connectivity index (χ3v) is 4.08. The summed E-state index contributed by atoms with van der Waals surface area (Å²) in [5.41, 5.74) is 1.11. The standard InChI is InChI=1S/C14H18N2O3S/c1-8(2)19-13(17)11-9(3)16(4)14(18)15-12(11)10-6-5-7-20-10/h5-8,12H,1-4H3,(H,15,18). The summed E-state index contributed by atoms with van der Waals surface area (Å²) >= 11 is 1.50. The number of hydrogen-bond acceptors (Lipinski definition) is 4. The zero-order valence-electron chi connectivity index (χ0n) is 12.0. The monoisotopic (exact) mass is 294 g/mol. The van der Waals surface area contributed by atoms with E-state index in [1.807, 2.05) is 17.5 Å². The molecular weight excluding hydrogens is 276 g/mol. The van der Waals surface area contributed by atoms with Gasteiger partial charge in [-0.05, 0) is 32.2 Å². The first-order valence-electron chi connectivity index (χ1n) is 6.41. The fraction of sp³-hybridized carbons (Fsp3) is 0.429. The van der Waals surface area contributed by atoms with Crippen molar-refractivity contribution in [1.82, 2.24) is 10.2 Å². The van der Waals surface area contributed by atoms with Crippen LogP contribution in [-0.4, -0.2) is 30.1 Å². The molecule has 20 heavy (non-hydrogen) atoms. The third-order valence-electron chi connectivity index (χ3n) is 3.14. The molecule has 1 N–H and O–H groups in total. The molecule has 2 heterocycles. The van der Waals surface area contributed by atoms with Crippen LogP contribution in [0.15, 0.2) is 28.8 Å². The number of ether oxygens (including phenoxy) is 1. The summed E-state index contributed by atoms with van der Waals surface area (Å²) in [6, 6.07) is 3.13. The SMILES string of the molecule is CC1=C(C(=O)OC(C)C)C(c2cccs2)NC(=O)N1C. The molecule has 5 nitrogen and oxygen atoms in total. The second kappa shape index (κ2) is 5.66. The van der Waals surface area contributed by atoms with E-state index >= 15 is 0 Å². The van der Waals surface area contributed by atoms with E-state index in [1.54, 1.807) is 27.8 Å². The number of nitrogens with one attached hydrogen (secondary N) is 1. The molecule has 6 heteroatoms. The second-order valence-corrected chi connectivity index (χ2v) is 5.89. The molecule has 1 unspecified atom stereocenters. The van der Waals surface area contributed by atoms with Crippen LogP contribution in [0.4, 0.5) is 4.79 Å². The first-order valence-corrected chi connectivity index (χ1v) is 7.29. The van der Waals surface area contributed by atoms with E-state index in [4.69, 9.17) is 4.74 Å². The van der Waals surface area contributed by atoms with Crippen LogP contribution < -0.4 is 5.32 Å². The van der Waals surface area contributed by atoms with E-state index in [2.05, 4.69) is 5.32 Å². The molecule has 0 radical (unpaired) electrons. The first-order chi connectivity index (χ1) is 9.41. The maximum absolute atomic E-state index is 12.3. The summed E-state index contributed by atoms with van der Waals surface area (Å²) in [4.78, 5) is 26.6. The molecule has 0 aliphatic carbocycles. The van der Waals surface area contributed by atoms with Crippen molar-refractivity contribution in [3.05, 3.63) is 33.7 Å². The Morgan fingerprint density at radius 2 is 2.20 bits per heavy atom. The zero-order valence-corrected chi connectivity index (χ0v) is 12.8. The predicted molar refractivity (Wildman–Crippen MR) is 77.3 cm³/mol. The Morgan fingerprint density at radius 3 is 2.75 bits per heavy atom. The van der Waals surface area contributed by atoms with Crippen molar-refractivity contribution in [3.8, 4) is 0 Å². The summed E-state index contributed by atoms with van der Waals surface area (Å²) in [5, 5.41) is 4.76. The van der Waals surface area contributed by atoms with Gasteiger partial charge in [0.05, 0.1) is 17.7 Å². The predicted octanol–water partition coefficient (Wildman–Crippen LogP) is 2.67. The summed E-state index contributed by atoms with van der Waals surface area (Å²) < 4.78 is 5.30. The van der Waals surface area contributed by atoms with Crippen LogP contribution in [0.5, 0.6) is 0 Å². The number of nitrogens with zero attached hydrogens (tertiary/aromatic N) is 1. The van der Waals surface area contributed by atoms with Crippen molar-refractivity contribution in [1.29, 1.82) is 0 Å².